The largest absolute Gasteiger partial charge is 0.374 e. The van der Waals surface area contributed by atoms with Gasteiger partial charge in [-0.15, -0.1) is 0 Å². The maximum Gasteiger partial charge on any atom is 0.270 e. The molecule has 128 valence electrons. The minimum atomic E-state index is -0.170. The first kappa shape index (κ1) is 17.1. The van der Waals surface area contributed by atoms with Crippen LogP contribution in [-0.4, -0.2) is 17.0 Å². The first-order valence-electron chi connectivity index (χ1n) is 8.45. The molecule has 0 saturated heterocycles. The van der Waals surface area contributed by atoms with E-state index in [-0.39, 0.29) is 12.0 Å². The number of aromatic nitrogens is 1. The summed E-state index contributed by atoms with van der Waals surface area (Å²) in [4.78, 5) is 16.9. The quantitative estimate of drug-likeness (QED) is 0.739. The van der Waals surface area contributed by atoms with Crippen molar-refractivity contribution < 1.29 is 9.53 Å². The first-order chi connectivity index (χ1) is 12.1. The van der Waals surface area contributed by atoms with Crippen molar-refractivity contribution in [2.75, 3.05) is 0 Å². The van der Waals surface area contributed by atoms with Crippen molar-refractivity contribution in [2.45, 2.75) is 33.1 Å². The predicted octanol–water partition coefficient (Wildman–Crippen LogP) is 4.09. The van der Waals surface area contributed by atoms with Gasteiger partial charge in [0.1, 0.15) is 5.69 Å². The number of benzene rings is 2. The second-order valence-corrected chi connectivity index (χ2v) is 6.19. The van der Waals surface area contributed by atoms with E-state index in [4.69, 9.17) is 4.74 Å². The molecule has 1 amide bonds. The van der Waals surface area contributed by atoms with Gasteiger partial charge >= 0.3 is 0 Å². The zero-order valence-corrected chi connectivity index (χ0v) is 14.5. The molecule has 4 nitrogen and oxygen atoms in total. The van der Waals surface area contributed by atoms with E-state index < -0.39 is 0 Å². The van der Waals surface area contributed by atoms with Gasteiger partial charge in [-0.3, -0.25) is 9.78 Å². The lowest BCUT2D eigenvalue weighted by Crippen LogP contribution is -2.24. The number of hydrogen-bond acceptors (Lipinski definition) is 3. The maximum absolute atomic E-state index is 12.6. The number of nitrogens with one attached hydrogen (secondary N) is 1. The topological polar surface area (TPSA) is 51.2 Å². The van der Waals surface area contributed by atoms with Crippen LogP contribution < -0.4 is 5.32 Å². The average molecular weight is 334 g/mol. The van der Waals surface area contributed by atoms with Crippen LogP contribution in [0.1, 0.15) is 35.5 Å². The van der Waals surface area contributed by atoms with Crippen LogP contribution in [-0.2, 0) is 17.9 Å². The van der Waals surface area contributed by atoms with Gasteiger partial charge in [-0.2, -0.15) is 0 Å². The molecule has 25 heavy (non-hydrogen) atoms. The molecular weight excluding hydrogens is 312 g/mol. The molecule has 1 N–H and O–H groups in total. The zero-order valence-electron chi connectivity index (χ0n) is 14.5. The smallest absolute Gasteiger partial charge is 0.270 e. The van der Waals surface area contributed by atoms with Crippen molar-refractivity contribution in [3.05, 3.63) is 77.6 Å². The van der Waals surface area contributed by atoms with Crippen molar-refractivity contribution in [1.82, 2.24) is 10.3 Å². The van der Waals surface area contributed by atoms with Crippen LogP contribution >= 0.6 is 0 Å². The highest BCUT2D eigenvalue weighted by Gasteiger charge is 2.12. The number of amides is 1. The highest BCUT2D eigenvalue weighted by atomic mass is 16.5. The van der Waals surface area contributed by atoms with Gasteiger partial charge in [-0.25, -0.2) is 0 Å². The van der Waals surface area contributed by atoms with Gasteiger partial charge in [0.25, 0.3) is 5.91 Å². The number of fused-ring (bicyclic) bond motifs is 1. The molecular formula is C21H22N2O2. The normalized spacial score (nSPS) is 11.0. The molecule has 3 aromatic rings. The lowest BCUT2D eigenvalue weighted by molar-refractivity contribution is 0.0651. The lowest BCUT2D eigenvalue weighted by Gasteiger charge is -2.13. The highest BCUT2D eigenvalue weighted by Crippen LogP contribution is 2.17. The Bertz CT molecular complexity index is 869. The Morgan fingerprint density at radius 1 is 1.04 bits per heavy atom. The third-order valence-electron chi connectivity index (χ3n) is 4.02. The van der Waals surface area contributed by atoms with Crippen LogP contribution in [0.3, 0.4) is 0 Å². The van der Waals surface area contributed by atoms with Gasteiger partial charge in [-0.05, 0) is 36.4 Å². The number of carbonyl (C=O) groups excluding carboxylic acids is 1. The maximum atomic E-state index is 12.6. The molecule has 0 spiro atoms. The number of ether oxygens (including phenoxy) is 1. The Labute approximate surface area is 147 Å². The van der Waals surface area contributed by atoms with Crippen LogP contribution in [0, 0.1) is 0 Å². The molecule has 0 bridgehead atoms. The van der Waals surface area contributed by atoms with E-state index in [2.05, 4.69) is 10.3 Å². The van der Waals surface area contributed by atoms with Crippen molar-refractivity contribution in [3.8, 4) is 0 Å². The monoisotopic (exact) mass is 334 g/mol. The molecule has 3 rings (SSSR count). The van der Waals surface area contributed by atoms with Gasteiger partial charge in [0.05, 0.1) is 12.7 Å². The van der Waals surface area contributed by atoms with Gasteiger partial charge < -0.3 is 10.1 Å². The van der Waals surface area contributed by atoms with Gasteiger partial charge in [0.2, 0.25) is 0 Å². The summed E-state index contributed by atoms with van der Waals surface area (Å²) in [5.74, 6) is -0.170. The van der Waals surface area contributed by atoms with E-state index in [0.717, 1.165) is 21.9 Å². The minimum absolute atomic E-state index is 0.169. The number of pyridine rings is 1. The Morgan fingerprint density at radius 2 is 1.76 bits per heavy atom. The molecule has 0 radical (unpaired) electrons. The summed E-state index contributed by atoms with van der Waals surface area (Å²) in [6.07, 6.45) is 1.84. The third-order valence-corrected chi connectivity index (χ3v) is 4.02. The molecule has 0 fully saturated rings. The van der Waals surface area contributed by atoms with Crippen molar-refractivity contribution in [2.24, 2.45) is 0 Å². The zero-order chi connectivity index (χ0) is 17.6. The van der Waals surface area contributed by atoms with Crippen molar-refractivity contribution in [1.29, 1.82) is 0 Å². The fraction of sp³-hybridized carbons (Fsp3) is 0.238. The summed E-state index contributed by atoms with van der Waals surface area (Å²) >= 11 is 0. The Kier molecular flexibility index (Phi) is 5.41. The van der Waals surface area contributed by atoms with Crippen molar-refractivity contribution >= 4 is 16.7 Å². The first-order valence-corrected chi connectivity index (χ1v) is 8.45. The molecule has 0 aliphatic rings. The Morgan fingerprint density at radius 3 is 2.56 bits per heavy atom. The molecule has 2 aromatic carbocycles. The van der Waals surface area contributed by atoms with E-state index in [1.807, 2.05) is 68.4 Å². The fourth-order valence-electron chi connectivity index (χ4n) is 2.69. The van der Waals surface area contributed by atoms with Crippen LogP contribution in [0.25, 0.3) is 10.8 Å². The summed E-state index contributed by atoms with van der Waals surface area (Å²) in [5.41, 5.74) is 2.59. The molecule has 0 aliphatic carbocycles. The van der Waals surface area contributed by atoms with Crippen LogP contribution in [0.4, 0.5) is 0 Å². The summed E-state index contributed by atoms with van der Waals surface area (Å²) in [5, 5.41) is 4.85. The molecule has 0 unspecified atom stereocenters. The number of rotatable bonds is 6. The van der Waals surface area contributed by atoms with Gasteiger partial charge in [0.15, 0.2) is 0 Å². The van der Waals surface area contributed by atoms with E-state index in [1.54, 1.807) is 6.20 Å². The Balaban J connectivity index is 1.74. The van der Waals surface area contributed by atoms with Gasteiger partial charge in [-0.1, -0.05) is 48.5 Å². The Hall–Kier alpha value is -2.72. The van der Waals surface area contributed by atoms with Gasteiger partial charge in [0, 0.05) is 18.1 Å². The summed E-state index contributed by atoms with van der Waals surface area (Å²) in [6, 6.07) is 17.7. The van der Waals surface area contributed by atoms with E-state index in [1.165, 1.54) is 0 Å². The summed E-state index contributed by atoms with van der Waals surface area (Å²) in [6.45, 7) is 5.00. The fourth-order valence-corrected chi connectivity index (χ4v) is 2.69. The third kappa shape index (κ3) is 4.22. The lowest BCUT2D eigenvalue weighted by atomic mass is 10.1. The van der Waals surface area contributed by atoms with E-state index in [0.29, 0.717) is 18.8 Å². The molecule has 0 atom stereocenters. The van der Waals surface area contributed by atoms with E-state index >= 15 is 0 Å². The standard InChI is InChI=1S/C21H22N2O2/c1-15(2)25-14-18-9-4-3-8-17(18)13-23-21(24)20-19-10-6-5-7-16(19)11-12-22-20/h3-12,15H,13-14H2,1-2H3,(H,23,24). The van der Waals surface area contributed by atoms with Crippen LogP contribution in [0.5, 0.6) is 0 Å². The number of hydrogen-bond donors (Lipinski definition) is 1. The molecule has 0 saturated carbocycles. The molecule has 4 heteroatoms. The summed E-state index contributed by atoms with van der Waals surface area (Å²) in [7, 11) is 0. The SMILES string of the molecule is CC(C)OCc1ccccc1CNC(=O)c1nccc2ccccc12. The van der Waals surface area contributed by atoms with Crippen molar-refractivity contribution in [3.63, 3.8) is 0 Å². The van der Waals surface area contributed by atoms with Crippen LogP contribution in [0.2, 0.25) is 0 Å². The second kappa shape index (κ2) is 7.90. The highest BCUT2D eigenvalue weighted by molar-refractivity contribution is 6.05. The second-order valence-electron chi connectivity index (χ2n) is 6.19. The number of carbonyl (C=O) groups is 1. The molecule has 1 aromatic heterocycles. The predicted molar refractivity (Wildman–Crippen MR) is 99.3 cm³/mol. The van der Waals surface area contributed by atoms with Crippen LogP contribution in [0.15, 0.2) is 60.8 Å². The van der Waals surface area contributed by atoms with E-state index in [9.17, 15) is 4.79 Å². The molecule has 0 aliphatic heterocycles. The molecule has 1 heterocycles. The minimum Gasteiger partial charge on any atom is -0.374 e. The summed E-state index contributed by atoms with van der Waals surface area (Å²) < 4.78 is 5.69. The number of nitrogens with zero attached hydrogens (tertiary/aromatic N) is 1. The average Bonchev–Trinajstić information content (AvgIpc) is 2.64.